The van der Waals surface area contributed by atoms with Crippen LogP contribution >= 0.6 is 34.7 Å². The zero-order valence-electron chi connectivity index (χ0n) is 15.5. The lowest BCUT2D eigenvalue weighted by molar-refractivity contribution is -0.113. The van der Waals surface area contributed by atoms with Gasteiger partial charge in [-0.25, -0.2) is 19.6 Å². The monoisotopic (exact) mass is 445 g/mol. The first kappa shape index (κ1) is 19.6. The van der Waals surface area contributed by atoms with Crippen molar-refractivity contribution in [3.05, 3.63) is 46.3 Å². The number of amides is 1. The Balaban J connectivity index is 1.50. The highest BCUT2D eigenvalue weighted by Crippen LogP contribution is 2.33. The fraction of sp³-hybridized carbons (Fsp3) is 0.167. The number of nitrogens with two attached hydrogens (primary N) is 1. The summed E-state index contributed by atoms with van der Waals surface area (Å²) in [6, 6.07) is 5.15. The van der Waals surface area contributed by atoms with Crippen LogP contribution in [0.15, 0.2) is 36.0 Å². The van der Waals surface area contributed by atoms with Crippen molar-refractivity contribution in [3.8, 4) is 5.69 Å². The van der Waals surface area contributed by atoms with E-state index >= 15 is 0 Å². The van der Waals surface area contributed by atoms with E-state index in [-0.39, 0.29) is 11.7 Å². The minimum Gasteiger partial charge on any atom is -0.383 e. The molecule has 4 aromatic rings. The van der Waals surface area contributed by atoms with Gasteiger partial charge in [0.25, 0.3) is 0 Å². The Morgan fingerprint density at radius 2 is 2.17 bits per heavy atom. The minimum atomic E-state index is -0.223. The fourth-order valence-electron chi connectivity index (χ4n) is 2.78. The Kier molecular flexibility index (Phi) is 5.39. The highest BCUT2D eigenvalue weighted by atomic mass is 35.5. The van der Waals surface area contributed by atoms with Crippen molar-refractivity contribution in [2.45, 2.75) is 19.0 Å². The molecule has 0 aliphatic heterocycles. The number of benzene rings is 1. The SMILES string of the molecule is Cc1sc2nc(SCC(=O)Nc3cc(Cl)ccc3-n3cncn3)nc(N)c2c1C. The second-order valence-corrected chi connectivity index (χ2v) is 8.78. The molecule has 1 aromatic carbocycles. The molecule has 3 N–H and O–H groups in total. The summed E-state index contributed by atoms with van der Waals surface area (Å²) in [6.45, 7) is 4.03. The van der Waals surface area contributed by atoms with Gasteiger partial charge in [-0.3, -0.25) is 4.79 Å². The third-order valence-electron chi connectivity index (χ3n) is 4.27. The molecule has 4 rings (SSSR count). The quantitative estimate of drug-likeness (QED) is 0.354. The van der Waals surface area contributed by atoms with Gasteiger partial charge in [0.1, 0.15) is 23.3 Å². The van der Waals surface area contributed by atoms with Gasteiger partial charge in [-0.2, -0.15) is 5.10 Å². The highest BCUT2D eigenvalue weighted by molar-refractivity contribution is 7.99. The zero-order chi connectivity index (χ0) is 20.5. The molecule has 0 radical (unpaired) electrons. The number of fused-ring (bicyclic) bond motifs is 1. The molecule has 0 spiro atoms. The Labute approximate surface area is 179 Å². The lowest BCUT2D eigenvalue weighted by atomic mass is 10.2. The van der Waals surface area contributed by atoms with E-state index < -0.39 is 0 Å². The normalized spacial score (nSPS) is 11.1. The van der Waals surface area contributed by atoms with Crippen molar-refractivity contribution in [1.82, 2.24) is 24.7 Å². The van der Waals surface area contributed by atoms with Crippen molar-refractivity contribution in [2.75, 3.05) is 16.8 Å². The van der Waals surface area contributed by atoms with Crippen LogP contribution in [-0.4, -0.2) is 36.4 Å². The predicted octanol–water partition coefficient (Wildman–Crippen LogP) is 3.86. The van der Waals surface area contributed by atoms with Gasteiger partial charge in [-0.15, -0.1) is 11.3 Å². The Hall–Kier alpha value is -2.69. The van der Waals surface area contributed by atoms with Gasteiger partial charge < -0.3 is 11.1 Å². The van der Waals surface area contributed by atoms with Gasteiger partial charge in [0.15, 0.2) is 5.16 Å². The van der Waals surface area contributed by atoms with E-state index in [2.05, 4.69) is 25.4 Å². The molecule has 0 bridgehead atoms. The summed E-state index contributed by atoms with van der Waals surface area (Å²) in [4.78, 5) is 27.3. The molecular formula is C18H16ClN7OS2. The molecule has 3 aromatic heterocycles. The van der Waals surface area contributed by atoms with Crippen LogP contribution in [-0.2, 0) is 4.79 Å². The zero-order valence-corrected chi connectivity index (χ0v) is 17.9. The third-order valence-corrected chi connectivity index (χ3v) is 6.45. The third kappa shape index (κ3) is 4.04. The number of anilines is 2. The number of carbonyl (C=O) groups is 1. The molecule has 0 fully saturated rings. The maximum atomic E-state index is 12.5. The van der Waals surface area contributed by atoms with Gasteiger partial charge in [-0.1, -0.05) is 23.4 Å². The van der Waals surface area contributed by atoms with Gasteiger partial charge >= 0.3 is 0 Å². The molecule has 0 saturated heterocycles. The van der Waals surface area contributed by atoms with Gasteiger partial charge in [0, 0.05) is 9.90 Å². The summed E-state index contributed by atoms with van der Waals surface area (Å²) < 4.78 is 1.55. The number of nitrogens with one attached hydrogen (secondary N) is 1. The summed E-state index contributed by atoms with van der Waals surface area (Å²) in [7, 11) is 0. The Morgan fingerprint density at radius 1 is 1.34 bits per heavy atom. The molecule has 0 saturated carbocycles. The molecule has 8 nitrogen and oxygen atoms in total. The van der Waals surface area contributed by atoms with E-state index in [9.17, 15) is 4.79 Å². The molecule has 11 heteroatoms. The van der Waals surface area contributed by atoms with E-state index in [1.165, 1.54) is 18.1 Å². The molecular weight excluding hydrogens is 430 g/mol. The van der Waals surface area contributed by atoms with Crippen LogP contribution in [0.3, 0.4) is 0 Å². The van der Waals surface area contributed by atoms with Crippen LogP contribution in [0.1, 0.15) is 10.4 Å². The summed E-state index contributed by atoms with van der Waals surface area (Å²) >= 11 is 8.88. The average Bonchev–Trinajstić information content (AvgIpc) is 3.29. The number of rotatable bonds is 5. The Bertz CT molecular complexity index is 1210. The number of aryl methyl sites for hydroxylation is 2. The molecule has 0 aliphatic rings. The van der Waals surface area contributed by atoms with Crippen LogP contribution in [0, 0.1) is 13.8 Å². The number of hydrogen-bond acceptors (Lipinski definition) is 8. The smallest absolute Gasteiger partial charge is 0.234 e. The van der Waals surface area contributed by atoms with E-state index in [1.807, 2.05) is 13.8 Å². The van der Waals surface area contributed by atoms with Crippen LogP contribution in [0.25, 0.3) is 15.9 Å². The van der Waals surface area contributed by atoms with Crippen molar-refractivity contribution < 1.29 is 4.79 Å². The average molecular weight is 446 g/mol. The molecule has 0 atom stereocenters. The van der Waals surface area contributed by atoms with Gasteiger partial charge in [0.05, 0.1) is 22.5 Å². The van der Waals surface area contributed by atoms with E-state index in [0.29, 0.717) is 27.4 Å². The molecule has 29 heavy (non-hydrogen) atoms. The molecule has 148 valence electrons. The molecule has 1 amide bonds. The second-order valence-electron chi connectivity index (χ2n) is 6.19. The Morgan fingerprint density at radius 3 is 2.93 bits per heavy atom. The van der Waals surface area contributed by atoms with Crippen molar-refractivity contribution in [1.29, 1.82) is 0 Å². The van der Waals surface area contributed by atoms with Crippen LogP contribution in [0.4, 0.5) is 11.5 Å². The topological polar surface area (TPSA) is 112 Å². The fourth-order valence-corrected chi connectivity index (χ4v) is 4.70. The minimum absolute atomic E-state index is 0.123. The maximum absolute atomic E-state index is 12.5. The summed E-state index contributed by atoms with van der Waals surface area (Å²) in [5.74, 6) is 0.333. The van der Waals surface area contributed by atoms with Gasteiger partial charge in [-0.05, 0) is 37.6 Å². The van der Waals surface area contributed by atoms with Crippen LogP contribution in [0.2, 0.25) is 5.02 Å². The molecule has 0 aliphatic carbocycles. The van der Waals surface area contributed by atoms with Gasteiger partial charge in [0.2, 0.25) is 5.91 Å². The summed E-state index contributed by atoms with van der Waals surface area (Å²) in [5, 5.41) is 8.81. The first-order chi connectivity index (χ1) is 13.9. The van der Waals surface area contributed by atoms with Crippen LogP contribution < -0.4 is 11.1 Å². The number of thiophene rings is 1. The van der Waals surface area contributed by atoms with Crippen LogP contribution in [0.5, 0.6) is 0 Å². The number of carbonyl (C=O) groups excluding carboxylic acids is 1. The lowest BCUT2D eigenvalue weighted by Crippen LogP contribution is -2.16. The maximum Gasteiger partial charge on any atom is 0.234 e. The molecule has 0 unspecified atom stereocenters. The van der Waals surface area contributed by atoms with E-state index in [1.54, 1.807) is 40.5 Å². The van der Waals surface area contributed by atoms with E-state index in [0.717, 1.165) is 20.7 Å². The standard InChI is InChI=1S/C18H16ClN7OS2/c1-9-10(2)29-17-15(9)16(20)24-18(25-17)28-6-14(27)23-12-5-11(19)3-4-13(12)26-8-21-7-22-26/h3-5,7-8H,6H2,1-2H3,(H,23,27)(H2,20,24,25). The summed E-state index contributed by atoms with van der Waals surface area (Å²) in [5.41, 5.74) is 8.40. The molecule has 3 heterocycles. The lowest BCUT2D eigenvalue weighted by Gasteiger charge is -2.11. The van der Waals surface area contributed by atoms with Crippen molar-refractivity contribution in [2.24, 2.45) is 0 Å². The van der Waals surface area contributed by atoms with Crippen molar-refractivity contribution in [3.63, 3.8) is 0 Å². The largest absolute Gasteiger partial charge is 0.383 e. The number of halogens is 1. The first-order valence-electron chi connectivity index (χ1n) is 8.53. The van der Waals surface area contributed by atoms with Crippen molar-refractivity contribution >= 4 is 62.3 Å². The first-order valence-corrected chi connectivity index (χ1v) is 10.7. The second kappa shape index (κ2) is 7.97. The number of hydrogen-bond donors (Lipinski definition) is 2. The highest BCUT2D eigenvalue weighted by Gasteiger charge is 2.15. The number of nitrogens with zero attached hydrogens (tertiary/aromatic N) is 5. The number of nitrogen functional groups attached to an aromatic ring is 1. The number of thioether (sulfide) groups is 1. The number of aromatic nitrogens is 5. The summed E-state index contributed by atoms with van der Waals surface area (Å²) in [6.07, 6.45) is 2.96. The van der Waals surface area contributed by atoms with E-state index in [4.69, 9.17) is 17.3 Å². The predicted molar refractivity (Wildman–Crippen MR) is 117 cm³/mol.